The van der Waals surface area contributed by atoms with Gasteiger partial charge >= 0.3 is 5.97 Å². The van der Waals surface area contributed by atoms with Gasteiger partial charge in [-0.1, -0.05) is 12.1 Å². The number of nitrogens with one attached hydrogen (secondary N) is 1. The Balaban J connectivity index is 1.84. The predicted octanol–water partition coefficient (Wildman–Crippen LogP) is 3.09. The molecule has 26 heavy (non-hydrogen) atoms. The largest absolute Gasteiger partial charge is 0.497 e. The van der Waals surface area contributed by atoms with Gasteiger partial charge in [-0.05, 0) is 48.0 Å². The minimum Gasteiger partial charge on any atom is -0.497 e. The van der Waals surface area contributed by atoms with E-state index in [9.17, 15) is 14.4 Å². The molecule has 0 aliphatic heterocycles. The first-order valence-corrected chi connectivity index (χ1v) is 7.87. The quantitative estimate of drug-likeness (QED) is 0.470. The van der Waals surface area contributed by atoms with Gasteiger partial charge in [0.15, 0.2) is 12.4 Å². The van der Waals surface area contributed by atoms with Crippen LogP contribution in [0, 0.1) is 0 Å². The van der Waals surface area contributed by atoms with Crippen molar-refractivity contribution in [2.24, 2.45) is 0 Å². The molecule has 0 atom stereocenters. The summed E-state index contributed by atoms with van der Waals surface area (Å²) in [4.78, 5) is 34.7. The normalized spacial score (nSPS) is 10.4. The summed E-state index contributed by atoms with van der Waals surface area (Å²) in [5, 5.41) is 2.61. The van der Waals surface area contributed by atoms with E-state index in [1.165, 1.54) is 13.0 Å². The minimum atomic E-state index is -0.607. The Labute approximate surface area is 151 Å². The average molecular weight is 353 g/mol. The molecule has 0 saturated heterocycles. The maximum Gasteiger partial charge on any atom is 0.331 e. The summed E-state index contributed by atoms with van der Waals surface area (Å²) in [7, 11) is 1.58. The van der Waals surface area contributed by atoms with E-state index < -0.39 is 5.97 Å². The van der Waals surface area contributed by atoms with Gasteiger partial charge in [0.25, 0.3) is 0 Å². The van der Waals surface area contributed by atoms with Crippen molar-refractivity contribution in [1.29, 1.82) is 0 Å². The van der Waals surface area contributed by atoms with Gasteiger partial charge in [0.05, 0.1) is 7.11 Å². The van der Waals surface area contributed by atoms with Crippen LogP contribution >= 0.6 is 0 Å². The van der Waals surface area contributed by atoms with E-state index in [1.54, 1.807) is 61.7 Å². The van der Waals surface area contributed by atoms with E-state index in [2.05, 4.69) is 5.32 Å². The summed E-state index contributed by atoms with van der Waals surface area (Å²) >= 11 is 0. The first-order valence-electron chi connectivity index (χ1n) is 7.87. The predicted molar refractivity (Wildman–Crippen MR) is 98.1 cm³/mol. The second kappa shape index (κ2) is 9.17. The van der Waals surface area contributed by atoms with Crippen molar-refractivity contribution in [1.82, 2.24) is 0 Å². The summed E-state index contributed by atoms with van der Waals surface area (Å²) in [5.41, 5.74) is 1.79. The summed E-state index contributed by atoms with van der Waals surface area (Å²) in [6.07, 6.45) is 2.85. The number of methoxy groups -OCH3 is 1. The zero-order valence-corrected chi connectivity index (χ0v) is 14.5. The molecule has 0 aromatic heterocycles. The van der Waals surface area contributed by atoms with E-state index >= 15 is 0 Å². The molecule has 2 aromatic rings. The van der Waals surface area contributed by atoms with Crippen molar-refractivity contribution in [2.45, 2.75) is 6.92 Å². The Morgan fingerprint density at radius 1 is 1.00 bits per heavy atom. The summed E-state index contributed by atoms with van der Waals surface area (Å²) in [6, 6.07) is 13.5. The molecular weight excluding hydrogens is 334 g/mol. The highest BCUT2D eigenvalue weighted by Crippen LogP contribution is 2.13. The molecule has 6 heteroatoms. The van der Waals surface area contributed by atoms with Crippen LogP contribution in [0.15, 0.2) is 54.6 Å². The van der Waals surface area contributed by atoms with Crippen molar-refractivity contribution in [3.63, 3.8) is 0 Å². The first kappa shape index (κ1) is 18.9. The molecule has 1 amide bonds. The second-order valence-electron chi connectivity index (χ2n) is 5.40. The molecule has 2 rings (SSSR count). The molecule has 0 fully saturated rings. The Bertz CT molecular complexity index is 807. The number of carbonyl (C=O) groups is 3. The monoisotopic (exact) mass is 353 g/mol. The van der Waals surface area contributed by atoms with Crippen molar-refractivity contribution < 1.29 is 23.9 Å². The lowest BCUT2D eigenvalue weighted by atomic mass is 10.1. The van der Waals surface area contributed by atoms with E-state index in [0.717, 1.165) is 11.3 Å². The summed E-state index contributed by atoms with van der Waals surface area (Å²) in [5.74, 6) is -0.406. The first-order chi connectivity index (χ1) is 12.5. The van der Waals surface area contributed by atoms with E-state index in [1.807, 2.05) is 0 Å². The third-order valence-corrected chi connectivity index (χ3v) is 3.40. The number of Topliss-reactive ketones (excluding diaryl/α,β-unsaturated/α-hetero) is 1. The molecule has 1 N–H and O–H groups in total. The number of hydrogen-bond donors (Lipinski definition) is 1. The van der Waals surface area contributed by atoms with Crippen molar-refractivity contribution >= 4 is 29.4 Å². The average Bonchev–Trinajstić information content (AvgIpc) is 2.65. The molecule has 0 spiro atoms. The molecule has 2 aromatic carbocycles. The van der Waals surface area contributed by atoms with E-state index in [0.29, 0.717) is 11.3 Å². The Morgan fingerprint density at radius 3 is 2.23 bits per heavy atom. The minimum absolute atomic E-state index is 0.193. The number of rotatable bonds is 7. The summed E-state index contributed by atoms with van der Waals surface area (Å²) in [6.45, 7) is 1.04. The third kappa shape index (κ3) is 5.90. The van der Waals surface area contributed by atoms with Crippen molar-refractivity contribution in [3.8, 4) is 5.75 Å². The van der Waals surface area contributed by atoms with Crippen LogP contribution in [0.25, 0.3) is 6.08 Å². The molecule has 0 saturated carbocycles. The molecule has 134 valence electrons. The highest BCUT2D eigenvalue weighted by molar-refractivity contribution is 5.99. The maximum atomic E-state index is 12.0. The van der Waals surface area contributed by atoms with Gasteiger partial charge in [-0.25, -0.2) is 4.79 Å². The standard InChI is InChI=1S/C20H19NO5/c1-14(22)21-17-8-6-16(7-9-17)19(23)13-26-20(24)12-5-15-3-10-18(25-2)11-4-15/h3-12H,13H2,1-2H3,(H,21,22)/b12-5+. The van der Waals surface area contributed by atoms with Gasteiger partial charge in [-0.2, -0.15) is 0 Å². The van der Waals surface area contributed by atoms with Crippen LogP contribution in [0.3, 0.4) is 0 Å². The molecule has 0 aliphatic carbocycles. The summed E-state index contributed by atoms with van der Waals surface area (Å²) < 4.78 is 10.0. The van der Waals surface area contributed by atoms with Crippen LogP contribution in [0.2, 0.25) is 0 Å². The molecule has 0 bridgehead atoms. The number of ether oxygens (including phenoxy) is 2. The number of amides is 1. The van der Waals surface area contributed by atoms with Crippen LogP contribution in [0.5, 0.6) is 5.75 Å². The second-order valence-corrected chi connectivity index (χ2v) is 5.40. The van der Waals surface area contributed by atoms with Crippen molar-refractivity contribution in [2.75, 3.05) is 19.0 Å². The highest BCUT2D eigenvalue weighted by atomic mass is 16.5. The maximum absolute atomic E-state index is 12.0. The fourth-order valence-corrected chi connectivity index (χ4v) is 2.09. The lowest BCUT2D eigenvalue weighted by Crippen LogP contribution is -2.13. The van der Waals surface area contributed by atoms with Crippen LogP contribution in [-0.4, -0.2) is 31.4 Å². The van der Waals surface area contributed by atoms with E-state index in [4.69, 9.17) is 9.47 Å². The topological polar surface area (TPSA) is 81.7 Å². The van der Waals surface area contributed by atoms with Crippen LogP contribution in [0.1, 0.15) is 22.8 Å². The molecule has 0 heterocycles. The Morgan fingerprint density at radius 2 is 1.65 bits per heavy atom. The van der Waals surface area contributed by atoms with Crippen molar-refractivity contribution in [3.05, 3.63) is 65.7 Å². The fourth-order valence-electron chi connectivity index (χ4n) is 2.09. The Hall–Kier alpha value is -3.41. The number of carbonyl (C=O) groups excluding carboxylic acids is 3. The fraction of sp³-hybridized carbons (Fsp3) is 0.150. The van der Waals surface area contributed by atoms with Gasteiger partial charge < -0.3 is 14.8 Å². The highest BCUT2D eigenvalue weighted by Gasteiger charge is 2.08. The third-order valence-electron chi connectivity index (χ3n) is 3.40. The Kier molecular flexibility index (Phi) is 6.68. The van der Waals surface area contributed by atoms with Gasteiger partial charge in [0.1, 0.15) is 5.75 Å². The molecule has 0 radical (unpaired) electrons. The lowest BCUT2D eigenvalue weighted by molar-refractivity contribution is -0.136. The SMILES string of the molecule is COc1ccc(/C=C/C(=O)OCC(=O)c2ccc(NC(C)=O)cc2)cc1. The zero-order valence-electron chi connectivity index (χ0n) is 14.5. The molecular formula is C20H19NO5. The number of anilines is 1. The van der Waals surface area contributed by atoms with Crippen LogP contribution in [-0.2, 0) is 14.3 Å². The van der Waals surface area contributed by atoms with Gasteiger partial charge in [0, 0.05) is 24.3 Å². The van der Waals surface area contributed by atoms with Gasteiger partial charge in [-0.3, -0.25) is 9.59 Å². The van der Waals surface area contributed by atoms with Gasteiger partial charge in [-0.15, -0.1) is 0 Å². The zero-order chi connectivity index (χ0) is 18.9. The molecule has 6 nitrogen and oxygen atoms in total. The number of esters is 1. The molecule has 0 unspecified atom stereocenters. The van der Waals surface area contributed by atoms with E-state index in [-0.39, 0.29) is 18.3 Å². The number of ketones is 1. The smallest absolute Gasteiger partial charge is 0.331 e. The van der Waals surface area contributed by atoms with Crippen LogP contribution < -0.4 is 10.1 Å². The lowest BCUT2D eigenvalue weighted by Gasteiger charge is -2.04. The number of benzene rings is 2. The van der Waals surface area contributed by atoms with Crippen LogP contribution in [0.4, 0.5) is 5.69 Å². The number of hydrogen-bond acceptors (Lipinski definition) is 5. The van der Waals surface area contributed by atoms with Gasteiger partial charge in [0.2, 0.25) is 5.91 Å². The molecule has 0 aliphatic rings.